The van der Waals surface area contributed by atoms with Gasteiger partial charge in [-0.1, -0.05) is 72.6 Å². The van der Waals surface area contributed by atoms with Gasteiger partial charge in [0.25, 0.3) is 0 Å². The van der Waals surface area contributed by atoms with Gasteiger partial charge >= 0.3 is 5.97 Å². The lowest BCUT2D eigenvalue weighted by Gasteiger charge is -2.14. The number of carboxylic acids is 1. The minimum Gasteiger partial charge on any atom is -0.481 e. The van der Waals surface area contributed by atoms with Gasteiger partial charge in [-0.25, -0.2) is 0 Å². The van der Waals surface area contributed by atoms with Gasteiger partial charge in [0.15, 0.2) is 0 Å². The largest absolute Gasteiger partial charge is 0.481 e. The summed E-state index contributed by atoms with van der Waals surface area (Å²) in [5.74, 6) is 1.71. The topological polar surface area (TPSA) is 37.3 Å². The van der Waals surface area contributed by atoms with Crippen LogP contribution in [0.1, 0.15) is 85.5 Å². The molecule has 2 nitrogen and oxygen atoms in total. The van der Waals surface area contributed by atoms with Gasteiger partial charge in [-0.05, 0) is 24.2 Å². The third kappa shape index (κ3) is 13.7. The fraction of sp³-hybridized carbons (Fsp3) is 0.941. The molecule has 0 radical (unpaired) electrons. The Balaban J connectivity index is 3.42. The molecule has 0 unspecified atom stereocenters. The summed E-state index contributed by atoms with van der Waals surface area (Å²) in [5, 5.41) is 8.60. The van der Waals surface area contributed by atoms with E-state index in [4.69, 9.17) is 5.11 Å². The van der Waals surface area contributed by atoms with Crippen LogP contribution in [0.15, 0.2) is 0 Å². The molecule has 0 amide bonds. The van der Waals surface area contributed by atoms with Crippen molar-refractivity contribution in [2.45, 2.75) is 85.5 Å². The molecule has 0 saturated heterocycles. The molecule has 0 aliphatic rings. The molecule has 114 valence electrons. The highest BCUT2D eigenvalue weighted by atomic mass is 16.4. The summed E-state index contributed by atoms with van der Waals surface area (Å²) < 4.78 is 0. The molecule has 1 N–H and O–H groups in total. The molecule has 2 atom stereocenters. The van der Waals surface area contributed by atoms with Crippen molar-refractivity contribution in [3.63, 3.8) is 0 Å². The Hall–Kier alpha value is -0.530. The van der Waals surface area contributed by atoms with E-state index in [2.05, 4.69) is 27.7 Å². The number of carboxylic acid groups (broad SMARTS) is 1. The standard InChI is InChI=1S/C17H34O2/c1-14(2)8-5-9-15(3)10-6-11-16(4)12-7-13-17(18)19/h14-16H,5-13H2,1-4H3,(H,18,19)/t15-,16-/m1/s1. The molecule has 0 spiro atoms. The molecule has 0 aromatic carbocycles. The van der Waals surface area contributed by atoms with E-state index < -0.39 is 5.97 Å². The second kappa shape index (κ2) is 11.3. The zero-order valence-electron chi connectivity index (χ0n) is 13.5. The predicted octanol–water partition coefficient (Wildman–Crippen LogP) is 5.51. The van der Waals surface area contributed by atoms with E-state index >= 15 is 0 Å². The highest BCUT2D eigenvalue weighted by Gasteiger charge is 2.07. The molecule has 0 rings (SSSR count). The average Bonchev–Trinajstić information content (AvgIpc) is 2.27. The van der Waals surface area contributed by atoms with Crippen molar-refractivity contribution in [3.05, 3.63) is 0 Å². The summed E-state index contributed by atoms with van der Waals surface area (Å²) in [6.45, 7) is 9.22. The number of carbonyl (C=O) groups is 1. The highest BCUT2D eigenvalue weighted by Crippen LogP contribution is 2.21. The van der Waals surface area contributed by atoms with Crippen molar-refractivity contribution in [3.8, 4) is 0 Å². The normalized spacial score (nSPS) is 14.6. The van der Waals surface area contributed by atoms with Gasteiger partial charge in [-0.15, -0.1) is 0 Å². The van der Waals surface area contributed by atoms with Gasteiger partial charge < -0.3 is 5.11 Å². The minimum atomic E-state index is -0.661. The number of rotatable bonds is 12. The van der Waals surface area contributed by atoms with E-state index in [-0.39, 0.29) is 0 Å². The predicted molar refractivity (Wildman–Crippen MR) is 82.4 cm³/mol. The van der Waals surface area contributed by atoms with Crippen molar-refractivity contribution in [1.29, 1.82) is 0 Å². The Morgan fingerprint density at radius 2 is 1.21 bits per heavy atom. The Labute approximate surface area is 120 Å². The molecule has 0 aromatic heterocycles. The van der Waals surface area contributed by atoms with Crippen molar-refractivity contribution in [2.75, 3.05) is 0 Å². The molecular formula is C17H34O2. The third-order valence-corrected chi connectivity index (χ3v) is 3.96. The zero-order chi connectivity index (χ0) is 14.7. The van der Waals surface area contributed by atoms with Gasteiger partial charge in [-0.3, -0.25) is 4.79 Å². The quantitative estimate of drug-likeness (QED) is 0.507. The van der Waals surface area contributed by atoms with Gasteiger partial charge in [-0.2, -0.15) is 0 Å². The van der Waals surface area contributed by atoms with Crippen molar-refractivity contribution in [1.82, 2.24) is 0 Å². The molecule has 19 heavy (non-hydrogen) atoms. The van der Waals surface area contributed by atoms with Crippen LogP contribution in [0.25, 0.3) is 0 Å². The summed E-state index contributed by atoms with van der Waals surface area (Å²) in [4.78, 5) is 10.4. The molecule has 0 fully saturated rings. The summed E-state index contributed by atoms with van der Waals surface area (Å²) >= 11 is 0. The van der Waals surface area contributed by atoms with Crippen LogP contribution < -0.4 is 0 Å². The molecule has 0 bridgehead atoms. The molecular weight excluding hydrogens is 236 g/mol. The highest BCUT2D eigenvalue weighted by molar-refractivity contribution is 5.66. The van der Waals surface area contributed by atoms with Crippen LogP contribution in [0.4, 0.5) is 0 Å². The smallest absolute Gasteiger partial charge is 0.303 e. The first-order valence-electron chi connectivity index (χ1n) is 8.13. The van der Waals surface area contributed by atoms with Crippen molar-refractivity contribution >= 4 is 5.97 Å². The fourth-order valence-electron chi connectivity index (χ4n) is 2.58. The van der Waals surface area contributed by atoms with E-state index in [0.717, 1.165) is 24.7 Å². The van der Waals surface area contributed by atoms with E-state index in [1.165, 1.54) is 38.5 Å². The Morgan fingerprint density at radius 3 is 1.63 bits per heavy atom. The van der Waals surface area contributed by atoms with Gasteiger partial charge in [0.1, 0.15) is 0 Å². The van der Waals surface area contributed by atoms with Gasteiger partial charge in [0.05, 0.1) is 0 Å². The van der Waals surface area contributed by atoms with Crippen LogP contribution in [-0.4, -0.2) is 11.1 Å². The summed E-state index contributed by atoms with van der Waals surface area (Å²) in [6.07, 6.45) is 10.2. The van der Waals surface area contributed by atoms with Crippen molar-refractivity contribution in [2.24, 2.45) is 17.8 Å². The van der Waals surface area contributed by atoms with Crippen LogP contribution in [0.5, 0.6) is 0 Å². The first kappa shape index (κ1) is 18.5. The maximum Gasteiger partial charge on any atom is 0.303 e. The summed E-state index contributed by atoms with van der Waals surface area (Å²) in [7, 11) is 0. The molecule has 0 heterocycles. The SMILES string of the molecule is CC(C)CCC[C@@H](C)CCC[C@@H](C)CCCC(=O)O. The van der Waals surface area contributed by atoms with Crippen LogP contribution in [0, 0.1) is 17.8 Å². The average molecular weight is 270 g/mol. The Morgan fingerprint density at radius 1 is 0.789 bits per heavy atom. The summed E-state index contributed by atoms with van der Waals surface area (Å²) in [5.41, 5.74) is 0. The van der Waals surface area contributed by atoms with E-state index in [0.29, 0.717) is 12.3 Å². The third-order valence-electron chi connectivity index (χ3n) is 3.96. The lowest BCUT2D eigenvalue weighted by Crippen LogP contribution is -2.01. The molecule has 2 heteroatoms. The molecule has 0 aromatic rings. The van der Waals surface area contributed by atoms with Crippen LogP contribution in [-0.2, 0) is 4.79 Å². The Bertz CT molecular complexity index is 223. The number of hydrogen-bond acceptors (Lipinski definition) is 1. The first-order chi connectivity index (χ1) is 8.91. The lowest BCUT2D eigenvalue weighted by molar-refractivity contribution is -0.137. The van der Waals surface area contributed by atoms with Crippen LogP contribution in [0.3, 0.4) is 0 Å². The van der Waals surface area contributed by atoms with E-state index in [1.807, 2.05) is 0 Å². The van der Waals surface area contributed by atoms with Crippen molar-refractivity contribution < 1.29 is 9.90 Å². The first-order valence-corrected chi connectivity index (χ1v) is 8.13. The molecule has 0 saturated carbocycles. The number of aliphatic carboxylic acids is 1. The number of hydrogen-bond donors (Lipinski definition) is 1. The second-order valence-corrected chi connectivity index (χ2v) is 6.75. The van der Waals surface area contributed by atoms with Crippen LogP contribution >= 0.6 is 0 Å². The fourth-order valence-corrected chi connectivity index (χ4v) is 2.58. The maximum atomic E-state index is 10.4. The second-order valence-electron chi connectivity index (χ2n) is 6.75. The molecule has 0 aliphatic heterocycles. The lowest BCUT2D eigenvalue weighted by atomic mass is 9.92. The minimum absolute atomic E-state index is 0.329. The van der Waals surface area contributed by atoms with E-state index in [1.54, 1.807) is 0 Å². The van der Waals surface area contributed by atoms with Gasteiger partial charge in [0.2, 0.25) is 0 Å². The zero-order valence-corrected chi connectivity index (χ0v) is 13.5. The Kier molecular flexibility index (Phi) is 11.0. The van der Waals surface area contributed by atoms with Gasteiger partial charge in [0, 0.05) is 6.42 Å². The van der Waals surface area contributed by atoms with E-state index in [9.17, 15) is 4.79 Å². The summed E-state index contributed by atoms with van der Waals surface area (Å²) in [6, 6.07) is 0. The molecule has 0 aliphatic carbocycles. The van der Waals surface area contributed by atoms with Crippen LogP contribution in [0.2, 0.25) is 0 Å². The monoisotopic (exact) mass is 270 g/mol. The maximum absolute atomic E-state index is 10.4.